The van der Waals surface area contributed by atoms with Crippen molar-refractivity contribution in [3.63, 3.8) is 0 Å². The molecule has 1 aromatic carbocycles. The molecule has 2 unspecified atom stereocenters. The van der Waals surface area contributed by atoms with E-state index >= 15 is 0 Å². The van der Waals surface area contributed by atoms with E-state index in [2.05, 4.69) is 12.2 Å². The molecule has 2 atom stereocenters. The van der Waals surface area contributed by atoms with Crippen LogP contribution in [-0.2, 0) is 5.60 Å². The molecule has 0 bridgehead atoms. The maximum Gasteiger partial charge on any atom is 0.161 e. The van der Waals surface area contributed by atoms with Crippen molar-refractivity contribution in [1.82, 2.24) is 5.32 Å². The van der Waals surface area contributed by atoms with Gasteiger partial charge in [-0.15, -0.1) is 0 Å². The van der Waals surface area contributed by atoms with E-state index in [0.29, 0.717) is 13.2 Å². The van der Waals surface area contributed by atoms with Gasteiger partial charge in [0.25, 0.3) is 0 Å². The molecule has 118 valence electrons. The Kier molecular flexibility index (Phi) is 5.48. The summed E-state index contributed by atoms with van der Waals surface area (Å²) in [7, 11) is 0. The Hall–Kier alpha value is -1.26. The highest BCUT2D eigenvalue weighted by Gasteiger charge is 2.39. The van der Waals surface area contributed by atoms with Crippen molar-refractivity contribution in [1.29, 1.82) is 0 Å². The van der Waals surface area contributed by atoms with Crippen LogP contribution in [0.3, 0.4) is 0 Å². The summed E-state index contributed by atoms with van der Waals surface area (Å²) in [6.45, 7) is 8.91. The minimum absolute atomic E-state index is 0.221. The van der Waals surface area contributed by atoms with Gasteiger partial charge in [-0.2, -0.15) is 0 Å². The van der Waals surface area contributed by atoms with E-state index in [1.165, 1.54) is 0 Å². The van der Waals surface area contributed by atoms with Crippen LogP contribution in [-0.4, -0.2) is 31.4 Å². The first-order valence-corrected chi connectivity index (χ1v) is 7.98. The zero-order valence-electron chi connectivity index (χ0n) is 13.3. The van der Waals surface area contributed by atoms with Crippen molar-refractivity contribution < 1.29 is 14.6 Å². The van der Waals surface area contributed by atoms with Crippen molar-refractivity contribution in [2.45, 2.75) is 39.2 Å². The Morgan fingerprint density at radius 1 is 1.19 bits per heavy atom. The maximum absolute atomic E-state index is 11.2. The summed E-state index contributed by atoms with van der Waals surface area (Å²) < 4.78 is 11.3. The van der Waals surface area contributed by atoms with Gasteiger partial charge < -0.3 is 19.9 Å². The monoisotopic (exact) mass is 293 g/mol. The lowest BCUT2D eigenvalue weighted by atomic mass is 9.75. The number of ether oxygens (including phenoxy) is 2. The molecule has 1 saturated heterocycles. The largest absolute Gasteiger partial charge is 0.490 e. The second-order valence-corrected chi connectivity index (χ2v) is 5.51. The van der Waals surface area contributed by atoms with Gasteiger partial charge >= 0.3 is 0 Å². The molecule has 1 fully saturated rings. The van der Waals surface area contributed by atoms with Gasteiger partial charge in [-0.1, -0.05) is 13.0 Å². The molecular formula is C17H27NO3. The molecule has 0 saturated carbocycles. The Bertz CT molecular complexity index is 463. The number of nitrogens with one attached hydrogen (secondary N) is 1. The maximum atomic E-state index is 11.2. The van der Waals surface area contributed by atoms with Crippen LogP contribution < -0.4 is 14.8 Å². The van der Waals surface area contributed by atoms with Crippen molar-refractivity contribution in [2.75, 3.05) is 26.3 Å². The lowest BCUT2D eigenvalue weighted by Crippen LogP contribution is -2.47. The second kappa shape index (κ2) is 7.14. The number of benzene rings is 1. The molecule has 0 spiro atoms. The van der Waals surface area contributed by atoms with Crippen LogP contribution in [0.4, 0.5) is 0 Å². The molecule has 1 heterocycles. The zero-order valence-corrected chi connectivity index (χ0v) is 13.3. The van der Waals surface area contributed by atoms with Gasteiger partial charge in [0.05, 0.1) is 18.8 Å². The van der Waals surface area contributed by atoms with E-state index in [1.807, 2.05) is 32.0 Å². The third-order valence-electron chi connectivity index (χ3n) is 4.29. The molecule has 0 aromatic heterocycles. The van der Waals surface area contributed by atoms with Gasteiger partial charge in [0, 0.05) is 12.5 Å². The molecule has 0 radical (unpaired) electrons. The highest BCUT2D eigenvalue weighted by Crippen LogP contribution is 2.40. The average Bonchev–Trinajstić information content (AvgIpc) is 2.50. The summed E-state index contributed by atoms with van der Waals surface area (Å²) in [5, 5.41) is 14.5. The molecule has 2 rings (SSSR count). The smallest absolute Gasteiger partial charge is 0.161 e. The fraction of sp³-hybridized carbons (Fsp3) is 0.647. The van der Waals surface area contributed by atoms with Gasteiger partial charge in [-0.25, -0.2) is 0 Å². The minimum Gasteiger partial charge on any atom is -0.490 e. The number of rotatable bonds is 6. The van der Waals surface area contributed by atoms with Crippen molar-refractivity contribution in [2.24, 2.45) is 5.92 Å². The third kappa shape index (κ3) is 3.33. The van der Waals surface area contributed by atoms with Crippen LogP contribution >= 0.6 is 0 Å². The summed E-state index contributed by atoms with van der Waals surface area (Å²) >= 11 is 0. The lowest BCUT2D eigenvalue weighted by Gasteiger charge is -2.40. The van der Waals surface area contributed by atoms with Gasteiger partial charge in [0.1, 0.15) is 0 Å². The molecule has 1 aliphatic rings. The number of hydrogen-bond donors (Lipinski definition) is 2. The van der Waals surface area contributed by atoms with Crippen LogP contribution in [0.5, 0.6) is 11.5 Å². The fourth-order valence-corrected chi connectivity index (χ4v) is 3.11. The minimum atomic E-state index is -0.781. The Morgan fingerprint density at radius 2 is 1.90 bits per heavy atom. The first-order chi connectivity index (χ1) is 10.2. The Morgan fingerprint density at radius 3 is 2.57 bits per heavy atom. The average molecular weight is 293 g/mol. The SMILES string of the molecule is CCOc1ccc(C2(O)CCNCC2CC)cc1OCC. The number of hydrogen-bond acceptors (Lipinski definition) is 4. The molecule has 1 aromatic rings. The molecule has 0 aliphatic carbocycles. The standard InChI is InChI=1S/C17H27NO3/c1-4-13-12-18-10-9-17(13,19)14-7-8-15(20-5-2)16(11-14)21-6-3/h7-8,11,13,18-19H,4-6,9-10,12H2,1-3H3. The van der Waals surface area contributed by atoms with Gasteiger partial charge in [-0.3, -0.25) is 0 Å². The Labute approximate surface area is 127 Å². The van der Waals surface area contributed by atoms with Crippen molar-refractivity contribution in [3.05, 3.63) is 23.8 Å². The van der Waals surface area contributed by atoms with Crippen LogP contribution in [0.15, 0.2) is 18.2 Å². The molecular weight excluding hydrogens is 266 g/mol. The van der Waals surface area contributed by atoms with Crippen molar-refractivity contribution >= 4 is 0 Å². The lowest BCUT2D eigenvalue weighted by molar-refractivity contribution is -0.0480. The van der Waals surface area contributed by atoms with Crippen LogP contribution in [0.25, 0.3) is 0 Å². The zero-order chi connectivity index (χ0) is 15.3. The summed E-state index contributed by atoms with van der Waals surface area (Å²) in [4.78, 5) is 0. The molecule has 4 nitrogen and oxygen atoms in total. The second-order valence-electron chi connectivity index (χ2n) is 5.51. The van der Waals surface area contributed by atoms with Crippen LogP contribution in [0, 0.1) is 5.92 Å². The van der Waals surface area contributed by atoms with Crippen LogP contribution in [0.2, 0.25) is 0 Å². The molecule has 2 N–H and O–H groups in total. The molecule has 1 aliphatic heterocycles. The number of piperidine rings is 1. The van der Waals surface area contributed by atoms with E-state index in [-0.39, 0.29) is 5.92 Å². The van der Waals surface area contributed by atoms with E-state index in [4.69, 9.17) is 9.47 Å². The summed E-state index contributed by atoms with van der Waals surface area (Å²) in [6, 6.07) is 5.83. The first-order valence-electron chi connectivity index (χ1n) is 7.98. The first kappa shape index (κ1) is 16.1. The van der Waals surface area contributed by atoms with Crippen molar-refractivity contribution in [3.8, 4) is 11.5 Å². The molecule has 0 amide bonds. The van der Waals surface area contributed by atoms with Gasteiger partial charge in [0.15, 0.2) is 11.5 Å². The highest BCUT2D eigenvalue weighted by atomic mass is 16.5. The topological polar surface area (TPSA) is 50.7 Å². The van der Waals surface area contributed by atoms with E-state index in [9.17, 15) is 5.11 Å². The molecule has 4 heteroatoms. The van der Waals surface area contributed by atoms with E-state index in [1.54, 1.807) is 0 Å². The van der Waals surface area contributed by atoms with E-state index < -0.39 is 5.60 Å². The van der Waals surface area contributed by atoms with E-state index in [0.717, 1.165) is 43.0 Å². The van der Waals surface area contributed by atoms with Gasteiger partial charge in [0.2, 0.25) is 0 Å². The summed E-state index contributed by atoms with van der Waals surface area (Å²) in [6.07, 6.45) is 1.67. The highest BCUT2D eigenvalue weighted by molar-refractivity contribution is 5.45. The molecule has 21 heavy (non-hydrogen) atoms. The number of aliphatic hydroxyl groups is 1. The quantitative estimate of drug-likeness (QED) is 0.846. The summed E-state index contributed by atoms with van der Waals surface area (Å²) in [5.74, 6) is 1.69. The predicted molar refractivity (Wildman–Crippen MR) is 83.9 cm³/mol. The third-order valence-corrected chi connectivity index (χ3v) is 4.29. The normalized spacial score (nSPS) is 25.6. The van der Waals surface area contributed by atoms with Crippen LogP contribution in [0.1, 0.15) is 39.2 Å². The van der Waals surface area contributed by atoms with Gasteiger partial charge in [-0.05, 0) is 50.9 Å². The summed E-state index contributed by atoms with van der Waals surface area (Å²) in [5.41, 5.74) is 0.152. The predicted octanol–water partition coefficient (Wildman–Crippen LogP) is 2.69. The fourth-order valence-electron chi connectivity index (χ4n) is 3.11. The Balaban J connectivity index is 2.35.